The van der Waals surface area contributed by atoms with Gasteiger partial charge in [-0.05, 0) is 31.3 Å². The van der Waals surface area contributed by atoms with E-state index >= 15 is 0 Å². The largest absolute Gasteiger partial charge is 0.295 e. The van der Waals surface area contributed by atoms with E-state index in [1.807, 2.05) is 22.8 Å². The van der Waals surface area contributed by atoms with Gasteiger partial charge in [-0.1, -0.05) is 19.9 Å². The van der Waals surface area contributed by atoms with Crippen LogP contribution in [-0.2, 0) is 0 Å². The van der Waals surface area contributed by atoms with E-state index in [0.29, 0.717) is 10.7 Å². The third-order valence-corrected chi connectivity index (χ3v) is 3.04. The van der Waals surface area contributed by atoms with Gasteiger partial charge in [0, 0.05) is 12.1 Å². The summed E-state index contributed by atoms with van der Waals surface area (Å²) in [7, 11) is 0. The first-order valence-electron chi connectivity index (χ1n) is 5.69. The summed E-state index contributed by atoms with van der Waals surface area (Å²) in [6, 6.07) is 6.00. The highest BCUT2D eigenvalue weighted by Crippen LogP contribution is 2.21. The summed E-state index contributed by atoms with van der Waals surface area (Å²) >= 11 is 5.29. The summed E-state index contributed by atoms with van der Waals surface area (Å²) in [5.41, 5.74) is 0.993. The lowest BCUT2D eigenvalue weighted by molar-refractivity contribution is 0.561. The zero-order valence-electron chi connectivity index (χ0n) is 10.2. The molecule has 2 aromatic heterocycles. The minimum atomic E-state index is 0.0971. The van der Waals surface area contributed by atoms with Crippen molar-refractivity contribution >= 4 is 12.2 Å². The molecule has 0 aliphatic heterocycles. The minimum absolute atomic E-state index is 0.0971. The quantitative estimate of drug-likeness (QED) is 0.849. The molecule has 0 spiro atoms. The summed E-state index contributed by atoms with van der Waals surface area (Å²) in [4.78, 5) is 4.37. The molecule has 90 valence electrons. The monoisotopic (exact) mass is 248 g/mol. The van der Waals surface area contributed by atoms with Gasteiger partial charge in [0.2, 0.25) is 0 Å². The van der Waals surface area contributed by atoms with E-state index in [-0.39, 0.29) is 6.04 Å². The molecule has 5 heteroatoms. The Balaban J connectivity index is 2.47. The lowest BCUT2D eigenvalue weighted by atomic mass is 10.1. The molecule has 2 rings (SSSR count). The van der Waals surface area contributed by atoms with Gasteiger partial charge in [0.1, 0.15) is 5.82 Å². The van der Waals surface area contributed by atoms with Crippen LogP contribution in [0.4, 0.5) is 0 Å². The highest BCUT2D eigenvalue weighted by Gasteiger charge is 2.17. The molecule has 1 N–H and O–H groups in total. The van der Waals surface area contributed by atoms with Crippen LogP contribution in [0, 0.1) is 4.77 Å². The molecule has 2 heterocycles. The number of aromatic nitrogens is 4. The van der Waals surface area contributed by atoms with Gasteiger partial charge in [0.05, 0.1) is 11.7 Å². The molecular weight excluding hydrogens is 232 g/mol. The number of rotatable bonds is 3. The Morgan fingerprint density at radius 3 is 2.65 bits per heavy atom. The average molecular weight is 248 g/mol. The zero-order valence-corrected chi connectivity index (χ0v) is 11.0. The second-order valence-corrected chi connectivity index (χ2v) is 4.73. The van der Waals surface area contributed by atoms with E-state index in [1.54, 1.807) is 6.20 Å². The Hall–Kier alpha value is -1.49. The van der Waals surface area contributed by atoms with Crippen LogP contribution in [0.5, 0.6) is 0 Å². The highest BCUT2D eigenvalue weighted by molar-refractivity contribution is 7.71. The molecule has 0 aromatic carbocycles. The van der Waals surface area contributed by atoms with Crippen molar-refractivity contribution < 1.29 is 0 Å². The van der Waals surface area contributed by atoms with Gasteiger partial charge >= 0.3 is 0 Å². The van der Waals surface area contributed by atoms with Crippen LogP contribution in [0.2, 0.25) is 0 Å². The van der Waals surface area contributed by atoms with Gasteiger partial charge in [-0.2, -0.15) is 5.10 Å². The Morgan fingerprint density at radius 2 is 2.06 bits per heavy atom. The zero-order chi connectivity index (χ0) is 12.4. The maximum Gasteiger partial charge on any atom is 0.195 e. The predicted molar refractivity (Wildman–Crippen MR) is 69.6 cm³/mol. The van der Waals surface area contributed by atoms with Crippen LogP contribution in [-0.4, -0.2) is 19.7 Å². The molecule has 0 bridgehead atoms. The third kappa shape index (κ3) is 2.29. The van der Waals surface area contributed by atoms with Crippen molar-refractivity contribution in [3.63, 3.8) is 0 Å². The van der Waals surface area contributed by atoms with Crippen LogP contribution in [0.3, 0.4) is 0 Å². The van der Waals surface area contributed by atoms with E-state index in [4.69, 9.17) is 12.2 Å². The standard InChI is InChI=1S/C12H16N4S/c1-8(2)11-14-15-12(17)16(11)9(3)10-6-4-5-7-13-10/h4-9H,1-3H3,(H,15,17). The lowest BCUT2D eigenvalue weighted by Gasteiger charge is -2.16. The average Bonchev–Trinajstić information content (AvgIpc) is 2.71. The molecule has 1 atom stereocenters. The fourth-order valence-electron chi connectivity index (χ4n) is 1.85. The number of hydrogen-bond donors (Lipinski definition) is 1. The van der Waals surface area contributed by atoms with Gasteiger partial charge in [-0.3, -0.25) is 14.6 Å². The van der Waals surface area contributed by atoms with Crippen molar-refractivity contribution in [1.82, 2.24) is 19.7 Å². The van der Waals surface area contributed by atoms with Crippen molar-refractivity contribution in [2.24, 2.45) is 0 Å². The van der Waals surface area contributed by atoms with Gasteiger partial charge in [0.25, 0.3) is 0 Å². The van der Waals surface area contributed by atoms with Gasteiger partial charge in [0.15, 0.2) is 4.77 Å². The maximum atomic E-state index is 5.29. The maximum absolute atomic E-state index is 5.29. The molecule has 17 heavy (non-hydrogen) atoms. The summed E-state index contributed by atoms with van der Waals surface area (Å²) in [6.45, 7) is 6.29. The molecule has 0 radical (unpaired) electrons. The highest BCUT2D eigenvalue weighted by atomic mass is 32.1. The summed E-state index contributed by atoms with van der Waals surface area (Å²) in [5.74, 6) is 1.29. The molecule has 0 aliphatic carbocycles. The van der Waals surface area contributed by atoms with Crippen LogP contribution in [0.25, 0.3) is 0 Å². The fraction of sp³-hybridized carbons (Fsp3) is 0.417. The van der Waals surface area contributed by atoms with Gasteiger partial charge in [-0.15, -0.1) is 0 Å². The molecule has 0 amide bonds. The molecular formula is C12H16N4S. The molecule has 0 fully saturated rings. The second-order valence-electron chi connectivity index (χ2n) is 4.34. The Morgan fingerprint density at radius 1 is 1.29 bits per heavy atom. The number of hydrogen-bond acceptors (Lipinski definition) is 3. The normalized spacial score (nSPS) is 12.9. The molecule has 4 nitrogen and oxygen atoms in total. The number of nitrogens with one attached hydrogen (secondary N) is 1. The molecule has 0 aliphatic rings. The van der Waals surface area contributed by atoms with Gasteiger partial charge < -0.3 is 0 Å². The van der Waals surface area contributed by atoms with Crippen molar-refractivity contribution in [1.29, 1.82) is 0 Å². The number of pyridine rings is 1. The topological polar surface area (TPSA) is 46.5 Å². The van der Waals surface area contributed by atoms with Crippen molar-refractivity contribution in [3.05, 3.63) is 40.7 Å². The second kappa shape index (κ2) is 4.79. The van der Waals surface area contributed by atoms with E-state index in [1.165, 1.54) is 0 Å². The Bertz CT molecular complexity index is 541. The number of nitrogens with zero attached hydrogens (tertiary/aromatic N) is 3. The third-order valence-electron chi connectivity index (χ3n) is 2.75. The van der Waals surface area contributed by atoms with E-state index in [9.17, 15) is 0 Å². The Kier molecular flexibility index (Phi) is 3.38. The van der Waals surface area contributed by atoms with E-state index in [2.05, 4.69) is 36.0 Å². The van der Waals surface area contributed by atoms with Gasteiger partial charge in [-0.25, -0.2) is 0 Å². The Labute approximate surface area is 106 Å². The smallest absolute Gasteiger partial charge is 0.195 e. The molecule has 0 saturated carbocycles. The molecule has 2 aromatic rings. The first-order valence-corrected chi connectivity index (χ1v) is 6.09. The van der Waals surface area contributed by atoms with Crippen LogP contribution >= 0.6 is 12.2 Å². The first kappa shape index (κ1) is 12.0. The minimum Gasteiger partial charge on any atom is -0.295 e. The summed E-state index contributed by atoms with van der Waals surface area (Å²) in [6.07, 6.45) is 1.80. The molecule has 0 saturated heterocycles. The van der Waals surface area contributed by atoms with Crippen molar-refractivity contribution in [2.75, 3.05) is 0 Å². The SMILES string of the molecule is CC(C)c1n[nH]c(=S)n1C(C)c1ccccn1. The van der Waals surface area contributed by atoms with E-state index in [0.717, 1.165) is 11.5 Å². The van der Waals surface area contributed by atoms with Crippen LogP contribution in [0.15, 0.2) is 24.4 Å². The number of aromatic amines is 1. The van der Waals surface area contributed by atoms with Crippen molar-refractivity contribution in [2.45, 2.75) is 32.7 Å². The summed E-state index contributed by atoms with van der Waals surface area (Å²) < 4.78 is 2.68. The first-order chi connectivity index (χ1) is 8.11. The predicted octanol–water partition coefficient (Wildman–Crippen LogP) is 3.07. The lowest BCUT2D eigenvalue weighted by Crippen LogP contribution is -2.13. The van der Waals surface area contributed by atoms with E-state index < -0.39 is 0 Å². The molecule has 1 unspecified atom stereocenters. The van der Waals surface area contributed by atoms with Crippen LogP contribution < -0.4 is 0 Å². The number of H-pyrrole nitrogens is 1. The summed E-state index contributed by atoms with van der Waals surface area (Å²) in [5, 5.41) is 7.14. The fourth-order valence-corrected chi connectivity index (χ4v) is 2.15. The van der Waals surface area contributed by atoms with Crippen molar-refractivity contribution in [3.8, 4) is 0 Å². The van der Waals surface area contributed by atoms with Crippen LogP contribution in [0.1, 0.15) is 44.2 Å².